The number of carbonyl (C=O) groups is 1. The minimum Gasteiger partial charge on any atom is -0.497 e. The summed E-state index contributed by atoms with van der Waals surface area (Å²) in [6.45, 7) is 0.243. The first-order chi connectivity index (χ1) is 16.0. The van der Waals surface area contributed by atoms with Gasteiger partial charge in [-0.25, -0.2) is 9.79 Å². The Morgan fingerprint density at radius 2 is 1.82 bits per heavy atom. The molecule has 168 valence electrons. The van der Waals surface area contributed by atoms with Crippen LogP contribution in [0.1, 0.15) is 16.7 Å². The van der Waals surface area contributed by atoms with Gasteiger partial charge < -0.3 is 18.9 Å². The molecular weight excluding hydrogens is 465 g/mol. The molecule has 0 aliphatic carbocycles. The van der Waals surface area contributed by atoms with E-state index < -0.39 is 5.97 Å². The molecule has 0 saturated carbocycles. The zero-order valence-electron chi connectivity index (χ0n) is 17.8. The molecule has 0 saturated heterocycles. The maximum absolute atomic E-state index is 12.3. The van der Waals surface area contributed by atoms with Gasteiger partial charge in [-0.3, -0.25) is 0 Å². The van der Waals surface area contributed by atoms with E-state index >= 15 is 0 Å². The normalized spacial score (nSPS) is 14.1. The molecule has 1 aliphatic heterocycles. The number of esters is 1. The number of nitrogens with zero attached hydrogens (tertiary/aromatic N) is 1. The van der Waals surface area contributed by atoms with E-state index in [0.29, 0.717) is 38.4 Å². The van der Waals surface area contributed by atoms with Crippen molar-refractivity contribution in [1.29, 1.82) is 0 Å². The number of methoxy groups -OCH3 is 2. The Kier molecular flexibility index (Phi) is 6.87. The second-order valence-electron chi connectivity index (χ2n) is 7.00. The molecule has 0 radical (unpaired) electrons. The van der Waals surface area contributed by atoms with Crippen molar-refractivity contribution in [3.63, 3.8) is 0 Å². The van der Waals surface area contributed by atoms with Crippen molar-refractivity contribution in [1.82, 2.24) is 0 Å². The molecule has 0 bridgehead atoms. The average molecular weight is 484 g/mol. The molecule has 0 N–H and O–H groups in total. The maximum atomic E-state index is 12.3. The van der Waals surface area contributed by atoms with Crippen molar-refractivity contribution >= 4 is 41.1 Å². The molecule has 0 amide bonds. The van der Waals surface area contributed by atoms with E-state index in [4.69, 9.17) is 42.1 Å². The Hall–Kier alpha value is -3.48. The van der Waals surface area contributed by atoms with E-state index in [1.54, 1.807) is 73.8 Å². The number of cyclic esters (lactones) is 1. The average Bonchev–Trinajstić information content (AvgIpc) is 3.19. The van der Waals surface area contributed by atoms with Crippen molar-refractivity contribution < 1.29 is 23.7 Å². The zero-order valence-corrected chi connectivity index (χ0v) is 19.3. The highest BCUT2D eigenvalue weighted by atomic mass is 35.5. The van der Waals surface area contributed by atoms with Gasteiger partial charge in [0.15, 0.2) is 17.2 Å². The van der Waals surface area contributed by atoms with Gasteiger partial charge in [-0.15, -0.1) is 0 Å². The van der Waals surface area contributed by atoms with Gasteiger partial charge in [0, 0.05) is 21.2 Å². The van der Waals surface area contributed by atoms with Crippen molar-refractivity contribution in [2.45, 2.75) is 6.61 Å². The first kappa shape index (κ1) is 22.7. The molecule has 0 spiro atoms. The fraction of sp³-hybridized carbons (Fsp3) is 0.120. The lowest BCUT2D eigenvalue weighted by Crippen LogP contribution is -2.05. The molecule has 0 unspecified atom stereocenters. The fourth-order valence-electron chi connectivity index (χ4n) is 3.13. The molecule has 6 nitrogen and oxygen atoms in total. The summed E-state index contributed by atoms with van der Waals surface area (Å²) in [7, 11) is 3.11. The highest BCUT2D eigenvalue weighted by molar-refractivity contribution is 6.35. The van der Waals surface area contributed by atoms with E-state index in [9.17, 15) is 4.79 Å². The molecule has 3 aromatic carbocycles. The van der Waals surface area contributed by atoms with Crippen LogP contribution in [-0.4, -0.2) is 26.1 Å². The lowest BCUT2D eigenvalue weighted by Gasteiger charge is -2.12. The van der Waals surface area contributed by atoms with Crippen LogP contribution in [0.2, 0.25) is 10.0 Å². The van der Waals surface area contributed by atoms with Crippen LogP contribution in [0.5, 0.6) is 17.2 Å². The summed E-state index contributed by atoms with van der Waals surface area (Å²) < 4.78 is 21.9. The Balaban J connectivity index is 1.54. The highest BCUT2D eigenvalue weighted by Gasteiger charge is 2.24. The summed E-state index contributed by atoms with van der Waals surface area (Å²) in [5, 5.41) is 1.08. The Morgan fingerprint density at radius 3 is 2.58 bits per heavy atom. The van der Waals surface area contributed by atoms with Crippen molar-refractivity contribution in [3.05, 3.63) is 93.1 Å². The van der Waals surface area contributed by atoms with Gasteiger partial charge in [0.25, 0.3) is 0 Å². The van der Waals surface area contributed by atoms with Gasteiger partial charge in [-0.1, -0.05) is 41.4 Å². The van der Waals surface area contributed by atoms with Crippen LogP contribution in [0.15, 0.2) is 71.4 Å². The molecule has 8 heteroatoms. The molecule has 3 aromatic rings. The van der Waals surface area contributed by atoms with Gasteiger partial charge in [-0.2, -0.15) is 0 Å². The number of ether oxygens (including phenoxy) is 4. The first-order valence-electron chi connectivity index (χ1n) is 9.88. The van der Waals surface area contributed by atoms with Gasteiger partial charge in [-0.05, 0) is 54.1 Å². The molecule has 1 heterocycles. The van der Waals surface area contributed by atoms with Gasteiger partial charge >= 0.3 is 5.97 Å². The van der Waals surface area contributed by atoms with E-state index in [-0.39, 0.29) is 18.2 Å². The van der Waals surface area contributed by atoms with Crippen LogP contribution < -0.4 is 14.2 Å². The predicted molar refractivity (Wildman–Crippen MR) is 127 cm³/mol. The van der Waals surface area contributed by atoms with E-state index in [2.05, 4.69) is 4.99 Å². The molecular formula is C25H19Cl2NO5. The number of aliphatic imine (C=N–C) groups is 1. The quantitative estimate of drug-likeness (QED) is 0.307. The topological polar surface area (TPSA) is 66.3 Å². The summed E-state index contributed by atoms with van der Waals surface area (Å²) in [5.74, 6) is 1.35. The highest BCUT2D eigenvalue weighted by Crippen LogP contribution is 2.31. The van der Waals surface area contributed by atoms with E-state index in [1.807, 2.05) is 0 Å². The molecule has 0 fully saturated rings. The zero-order chi connectivity index (χ0) is 23.4. The van der Waals surface area contributed by atoms with Crippen LogP contribution in [0.25, 0.3) is 6.08 Å². The molecule has 1 aliphatic rings. The minimum absolute atomic E-state index is 0.177. The summed E-state index contributed by atoms with van der Waals surface area (Å²) >= 11 is 12.1. The molecule has 33 heavy (non-hydrogen) atoms. The number of halogens is 2. The second-order valence-corrected chi connectivity index (χ2v) is 7.85. The summed E-state index contributed by atoms with van der Waals surface area (Å²) in [5.41, 5.74) is 2.32. The van der Waals surface area contributed by atoms with Crippen LogP contribution in [0.4, 0.5) is 0 Å². The third-order valence-electron chi connectivity index (χ3n) is 4.83. The van der Waals surface area contributed by atoms with Crippen molar-refractivity contribution in [2.24, 2.45) is 4.99 Å². The number of carbonyl (C=O) groups excluding carboxylic acids is 1. The molecule has 4 rings (SSSR count). The SMILES string of the molecule is COc1cccc(C2=N/C(=C\c3ccc(OCc4ccc(Cl)cc4Cl)c(OC)c3)C(=O)O2)c1. The summed E-state index contributed by atoms with van der Waals surface area (Å²) in [4.78, 5) is 16.7. The number of hydrogen-bond donors (Lipinski definition) is 0. The number of rotatable bonds is 7. The van der Waals surface area contributed by atoms with Gasteiger partial charge in [0.05, 0.1) is 14.2 Å². The fourth-order valence-corrected chi connectivity index (χ4v) is 3.60. The third kappa shape index (κ3) is 5.30. The molecule has 0 atom stereocenters. The largest absolute Gasteiger partial charge is 0.497 e. The lowest BCUT2D eigenvalue weighted by atomic mass is 10.1. The van der Waals surface area contributed by atoms with E-state index in [0.717, 1.165) is 5.56 Å². The van der Waals surface area contributed by atoms with Crippen LogP contribution in [0, 0.1) is 0 Å². The smallest absolute Gasteiger partial charge is 0.363 e. The van der Waals surface area contributed by atoms with Crippen LogP contribution in [0.3, 0.4) is 0 Å². The van der Waals surface area contributed by atoms with Gasteiger partial charge in [0.2, 0.25) is 5.90 Å². The second kappa shape index (κ2) is 9.98. The number of benzene rings is 3. The Morgan fingerprint density at radius 1 is 0.970 bits per heavy atom. The Bertz CT molecular complexity index is 1270. The van der Waals surface area contributed by atoms with Crippen molar-refractivity contribution in [2.75, 3.05) is 14.2 Å². The predicted octanol–water partition coefficient (Wildman–Crippen LogP) is 5.93. The maximum Gasteiger partial charge on any atom is 0.363 e. The lowest BCUT2D eigenvalue weighted by molar-refractivity contribution is -0.129. The first-order valence-corrected chi connectivity index (χ1v) is 10.6. The van der Waals surface area contributed by atoms with Crippen molar-refractivity contribution in [3.8, 4) is 17.2 Å². The van der Waals surface area contributed by atoms with Gasteiger partial charge in [0.1, 0.15) is 12.4 Å². The van der Waals surface area contributed by atoms with Crippen LogP contribution in [-0.2, 0) is 16.1 Å². The molecule has 0 aromatic heterocycles. The summed E-state index contributed by atoms with van der Waals surface area (Å²) in [6, 6.07) is 17.6. The standard InChI is InChI=1S/C25H19Cl2NO5/c1-30-19-5-3-4-16(12-19)24-28-21(25(29)33-24)10-15-6-9-22(23(11-15)31-2)32-14-17-7-8-18(26)13-20(17)27/h3-13H,14H2,1-2H3/b21-10-. The third-order valence-corrected chi connectivity index (χ3v) is 5.41. The summed E-state index contributed by atoms with van der Waals surface area (Å²) in [6.07, 6.45) is 1.62. The number of hydrogen-bond acceptors (Lipinski definition) is 6. The Labute approximate surface area is 201 Å². The minimum atomic E-state index is -0.538. The van der Waals surface area contributed by atoms with E-state index in [1.165, 1.54) is 7.11 Å². The monoisotopic (exact) mass is 483 g/mol. The van der Waals surface area contributed by atoms with Crippen LogP contribution >= 0.6 is 23.2 Å².